The van der Waals surface area contributed by atoms with Crippen molar-refractivity contribution in [2.45, 2.75) is 0 Å². The lowest BCUT2D eigenvalue weighted by Gasteiger charge is -2.32. The van der Waals surface area contributed by atoms with Crippen LogP contribution in [0, 0.1) is 50.6 Å². The van der Waals surface area contributed by atoms with E-state index in [0.717, 1.165) is 80.3 Å². The molecule has 0 saturated carbocycles. The summed E-state index contributed by atoms with van der Waals surface area (Å²) in [6, 6.07) is 54.7. The first-order valence-corrected chi connectivity index (χ1v) is 37.7. The molecule has 4 aromatic carbocycles. The number of anilines is 8. The number of piperazine rings is 2. The first-order valence-electron chi connectivity index (χ1n) is 36.2. The van der Waals surface area contributed by atoms with Crippen molar-refractivity contribution in [3.05, 3.63) is 319 Å². The number of nitrogens with two attached hydrogens (primary N) is 3. The van der Waals surface area contributed by atoms with E-state index in [1.807, 2.05) is 127 Å². The fraction of sp³-hybridized carbons (Fsp3) is 0.127. The number of carbonyl (C=O) groups is 3. The van der Waals surface area contributed by atoms with Crippen molar-refractivity contribution >= 4 is 139 Å². The molecule has 40 nitrogen and oxygen atoms in total. The van der Waals surface area contributed by atoms with Crippen LogP contribution in [0.2, 0.25) is 20.7 Å². The molecule has 123 heavy (non-hydrogen) atoms. The number of carbonyl (C=O) groups excluding carboxylic acids is 3. The highest BCUT2D eigenvalue weighted by Gasteiger charge is 2.25. The Hall–Kier alpha value is -15.5. The monoisotopic (exact) mass is 1740 g/mol. The predicted molar refractivity (Wildman–Crippen MR) is 463 cm³/mol. The number of nitrogen functional groups attached to an aromatic ring is 3. The van der Waals surface area contributed by atoms with E-state index < -0.39 is 36.4 Å². The fourth-order valence-electron chi connectivity index (χ4n) is 11.0. The van der Waals surface area contributed by atoms with Crippen LogP contribution in [-0.4, -0.2) is 178 Å². The molecule has 0 aliphatic carbocycles. The molecule has 0 unspecified atom stereocenters. The second kappa shape index (κ2) is 43.3. The summed E-state index contributed by atoms with van der Waals surface area (Å²) in [5.74, 6) is -0.542. The van der Waals surface area contributed by atoms with Gasteiger partial charge in [0.05, 0.1) is 69.8 Å². The van der Waals surface area contributed by atoms with Crippen molar-refractivity contribution in [3.63, 3.8) is 0 Å². The average molecular weight is 1750 g/mol. The SMILES string of the molecule is CN1CCN(c2ncc(C(=O)Nc3nc(-c4ccccc4)ccc3N)cn2)CC1.CN1CCN(c2ncc(C(=O)Nc3nc(-c4ccccc4)ccc3[N+](=O)[O-])cn2)CC1.Nc1nc(-c2ccccc2)ccc1[N+](=O)[O-].Nc1nc(Cl)ccc1[N+](=O)[O-].O=C(Nc1nc(-c2ccccc2)ccc1[N+](=O)[O-])c1cnc(Cl)nc1.O=[N+]([O-])c1ccc(Cl)nc1Cl. The Morgan fingerprint density at radius 3 is 0.951 bits per heavy atom. The topological polar surface area (TPSA) is 549 Å². The van der Waals surface area contributed by atoms with Gasteiger partial charge < -0.3 is 52.8 Å². The van der Waals surface area contributed by atoms with Crippen LogP contribution in [0.3, 0.4) is 0 Å². The van der Waals surface area contributed by atoms with E-state index in [2.05, 4.69) is 109 Å². The lowest BCUT2D eigenvalue weighted by molar-refractivity contribution is -0.385. The standard InChI is InChI=1S/C21H21N7O3.C21H23N7O.C16H10ClN5O3.C11H9N3O2.C5H2Cl2N2O2.C5H4ClN3O2/c1-26-9-11-27(12-10-26)21-22-13-16(14-23-21)20(29)25-19-18(28(30)31)8-7-17(24-19)15-5-3-2-4-6-15;1-27-9-11-28(12-10-27)21-23-13-16(14-24-21)20(29)26-19-17(22)7-8-18(25-19)15-5-3-2-4-6-15;17-16-18-8-11(9-19-16)15(23)21-14-13(22(24)25)7-6-12(20-14)10-4-2-1-3-5-10;12-11-10(14(15)16)7-6-9(13-11)8-4-2-1-3-5-8;2*6-4-2-1-3(9(10)11)5(7)8-4/h2-8,13-14H,9-12H2,1H3,(H,24,25,29);2-8,13-14H,9-12,22H2,1H3,(H,25,26,29);1-9H,(H,20,21,23);1-7H,(H2,12,13);1-2H;1-2H,(H2,7,8). The minimum absolute atomic E-state index is 0.00766. The molecular formula is C79H69Cl4N27O13. The molecular weight excluding hydrogens is 1680 g/mol. The maximum absolute atomic E-state index is 12.7. The molecule has 0 spiro atoms. The number of nitrogens with zero attached hydrogens (tertiary/aromatic N) is 21. The van der Waals surface area contributed by atoms with Gasteiger partial charge in [-0.15, -0.1) is 0 Å². The van der Waals surface area contributed by atoms with Gasteiger partial charge >= 0.3 is 28.4 Å². The summed E-state index contributed by atoms with van der Waals surface area (Å²) < 4.78 is 0. The molecule has 2 fully saturated rings. The minimum Gasteiger partial charge on any atom is -0.396 e. The molecule has 9 aromatic heterocycles. The Labute approximate surface area is 717 Å². The highest BCUT2D eigenvalue weighted by atomic mass is 35.5. The van der Waals surface area contributed by atoms with Crippen molar-refractivity contribution in [1.29, 1.82) is 0 Å². The van der Waals surface area contributed by atoms with Crippen LogP contribution >= 0.6 is 46.4 Å². The number of halogens is 4. The number of benzene rings is 4. The van der Waals surface area contributed by atoms with Gasteiger partial charge in [-0.25, -0.2) is 59.8 Å². The summed E-state index contributed by atoms with van der Waals surface area (Å²) in [5.41, 5.74) is 22.3. The fourth-order valence-corrected chi connectivity index (χ4v) is 11.6. The summed E-state index contributed by atoms with van der Waals surface area (Å²) in [6.45, 7) is 7.12. The minimum atomic E-state index is -0.627. The van der Waals surface area contributed by atoms with Crippen molar-refractivity contribution < 1.29 is 39.0 Å². The van der Waals surface area contributed by atoms with Crippen molar-refractivity contribution in [2.24, 2.45) is 0 Å². The van der Waals surface area contributed by atoms with E-state index in [4.69, 9.17) is 63.6 Å². The van der Waals surface area contributed by atoms with Gasteiger partial charge in [-0.1, -0.05) is 156 Å². The largest absolute Gasteiger partial charge is 0.396 e. The first-order chi connectivity index (χ1) is 59.0. The Kier molecular flexibility index (Phi) is 31.6. The van der Waals surface area contributed by atoms with Gasteiger partial charge in [0.25, 0.3) is 17.7 Å². The summed E-state index contributed by atoms with van der Waals surface area (Å²) in [6.07, 6.45) is 8.35. The molecule has 0 radical (unpaired) electrons. The van der Waals surface area contributed by atoms with Crippen LogP contribution in [0.25, 0.3) is 45.0 Å². The molecule has 2 saturated heterocycles. The third-order valence-electron chi connectivity index (χ3n) is 17.5. The summed E-state index contributed by atoms with van der Waals surface area (Å²) >= 11 is 21.8. The number of hydrogen-bond acceptors (Lipinski definition) is 32. The molecule has 0 bridgehead atoms. The third kappa shape index (κ3) is 25.8. The summed E-state index contributed by atoms with van der Waals surface area (Å²) in [5, 5.41) is 61.3. The Balaban J connectivity index is 0.000000161. The number of likely N-dealkylation sites (N-methyl/N-ethyl adjacent to an activating group) is 2. The van der Waals surface area contributed by atoms with Crippen LogP contribution in [0.4, 0.5) is 75.1 Å². The number of nitro groups is 5. The molecule has 11 heterocycles. The average Bonchev–Trinajstić information content (AvgIpc) is 0.821. The zero-order valence-electron chi connectivity index (χ0n) is 64.5. The van der Waals surface area contributed by atoms with Gasteiger partial charge in [-0.05, 0) is 68.2 Å². The third-order valence-corrected chi connectivity index (χ3v) is 18.3. The zero-order chi connectivity index (χ0) is 88.2. The van der Waals surface area contributed by atoms with Crippen LogP contribution in [-0.2, 0) is 0 Å². The van der Waals surface area contributed by atoms with Crippen LogP contribution < -0.4 is 43.0 Å². The molecule has 0 atom stereocenters. The van der Waals surface area contributed by atoms with Crippen molar-refractivity contribution in [1.82, 2.24) is 69.6 Å². The Bertz CT molecular complexity index is 5850. The van der Waals surface area contributed by atoms with Crippen molar-refractivity contribution in [2.75, 3.05) is 109 Å². The van der Waals surface area contributed by atoms with E-state index in [1.165, 1.54) is 85.7 Å². The van der Waals surface area contributed by atoms with Crippen LogP contribution in [0.5, 0.6) is 0 Å². The quantitative estimate of drug-likeness (QED) is 0.0213. The molecule has 44 heteroatoms. The van der Waals surface area contributed by atoms with Gasteiger partial charge in [-0.2, -0.15) is 0 Å². The predicted octanol–water partition coefficient (Wildman–Crippen LogP) is 13.7. The first kappa shape index (κ1) is 89.8. The van der Waals surface area contributed by atoms with E-state index >= 15 is 0 Å². The highest BCUT2D eigenvalue weighted by molar-refractivity contribution is 6.33. The normalized spacial score (nSPS) is 12.1. The second-order valence-corrected chi connectivity index (χ2v) is 27.3. The van der Waals surface area contributed by atoms with E-state index in [1.54, 1.807) is 18.2 Å². The molecule has 626 valence electrons. The number of rotatable bonds is 17. The number of pyridine rings is 6. The summed E-state index contributed by atoms with van der Waals surface area (Å²) in [4.78, 5) is 145. The van der Waals surface area contributed by atoms with E-state index in [0.29, 0.717) is 46.0 Å². The van der Waals surface area contributed by atoms with Gasteiger partial charge in [0.2, 0.25) is 45.6 Å². The van der Waals surface area contributed by atoms with E-state index in [9.17, 15) is 65.0 Å². The molecule has 2 aliphatic rings. The lowest BCUT2D eigenvalue weighted by Crippen LogP contribution is -2.45. The number of hydrogen-bond donors (Lipinski definition) is 6. The van der Waals surface area contributed by atoms with Crippen LogP contribution in [0.1, 0.15) is 31.1 Å². The molecule has 13 aromatic rings. The molecule has 15 rings (SSSR count). The lowest BCUT2D eigenvalue weighted by atomic mass is 10.1. The van der Waals surface area contributed by atoms with Gasteiger partial charge in [0.15, 0.2) is 5.82 Å². The maximum atomic E-state index is 12.7. The number of aromatic nitrogens is 12. The van der Waals surface area contributed by atoms with Gasteiger partial charge in [0.1, 0.15) is 10.3 Å². The van der Waals surface area contributed by atoms with Crippen molar-refractivity contribution in [3.8, 4) is 45.0 Å². The van der Waals surface area contributed by atoms with E-state index in [-0.39, 0.29) is 89.5 Å². The zero-order valence-corrected chi connectivity index (χ0v) is 67.6. The highest BCUT2D eigenvalue weighted by Crippen LogP contribution is 2.32. The Morgan fingerprint density at radius 1 is 0.333 bits per heavy atom. The number of nitrogens with one attached hydrogen (secondary N) is 3. The van der Waals surface area contributed by atoms with Gasteiger partial charge in [0, 0.05) is 142 Å². The summed E-state index contributed by atoms with van der Waals surface area (Å²) in [7, 11) is 4.16. The number of amides is 3. The molecule has 3 amide bonds. The smallest absolute Gasteiger partial charge is 0.311 e. The maximum Gasteiger partial charge on any atom is 0.311 e. The van der Waals surface area contributed by atoms with Gasteiger partial charge in [-0.3, -0.25) is 65.0 Å². The molecule has 2 aliphatic heterocycles. The second-order valence-electron chi connectivity index (χ2n) is 25.8. The molecule has 9 N–H and O–H groups in total. The Morgan fingerprint density at radius 2 is 0.618 bits per heavy atom. The van der Waals surface area contributed by atoms with Crippen LogP contribution in [0.15, 0.2) is 231 Å².